The maximum Gasteiger partial charge on any atom is 0.00495 e. The molecule has 0 heterocycles. The van der Waals surface area contributed by atoms with Gasteiger partial charge >= 0.3 is 0 Å². The monoisotopic (exact) mass is 292 g/mol. The highest BCUT2D eigenvalue weighted by atomic mass is 127. The predicted octanol–water partition coefficient (Wildman–Crippen LogP) is 4.27. The van der Waals surface area contributed by atoms with Crippen LogP contribution in [0.2, 0.25) is 0 Å². The first-order valence-corrected chi connectivity index (χ1v) is 7.20. The summed E-state index contributed by atoms with van der Waals surface area (Å²) in [5, 5.41) is 0. The number of alkyl halides is 1. The Bertz CT molecular complexity index is 170. The van der Waals surface area contributed by atoms with E-state index in [2.05, 4.69) is 36.4 Å². The van der Waals surface area contributed by atoms with Gasteiger partial charge < -0.3 is 0 Å². The summed E-state index contributed by atoms with van der Waals surface area (Å²) in [7, 11) is 0. The van der Waals surface area contributed by atoms with E-state index < -0.39 is 0 Å². The normalized spacial score (nSPS) is 50.5. The fourth-order valence-corrected chi connectivity index (χ4v) is 4.44. The van der Waals surface area contributed by atoms with Gasteiger partial charge in [-0.3, -0.25) is 0 Å². The number of hydrogen-bond acceptors (Lipinski definition) is 0. The van der Waals surface area contributed by atoms with Crippen molar-refractivity contribution in [3.05, 3.63) is 0 Å². The third kappa shape index (κ3) is 2.21. The first-order chi connectivity index (χ1) is 6.11. The van der Waals surface area contributed by atoms with Crippen molar-refractivity contribution in [2.45, 2.75) is 46.0 Å². The number of rotatable bonds is 1. The Kier molecular flexibility index (Phi) is 2.93. The zero-order valence-corrected chi connectivity index (χ0v) is 11.0. The van der Waals surface area contributed by atoms with E-state index in [0.29, 0.717) is 5.41 Å². The minimum atomic E-state index is 0.689. The molecule has 0 saturated heterocycles. The molecule has 76 valence electrons. The van der Waals surface area contributed by atoms with E-state index in [1.54, 1.807) is 6.42 Å². The summed E-state index contributed by atoms with van der Waals surface area (Å²) in [6.07, 6.45) is 7.61. The van der Waals surface area contributed by atoms with Crippen molar-refractivity contribution in [2.75, 3.05) is 4.43 Å². The molecule has 0 spiro atoms. The van der Waals surface area contributed by atoms with E-state index in [0.717, 1.165) is 17.8 Å². The van der Waals surface area contributed by atoms with E-state index in [9.17, 15) is 0 Å². The van der Waals surface area contributed by atoms with Gasteiger partial charge in [-0.05, 0) is 55.3 Å². The maximum absolute atomic E-state index is 2.59. The van der Waals surface area contributed by atoms with Gasteiger partial charge in [-0.1, -0.05) is 36.4 Å². The molecule has 2 atom stereocenters. The minimum Gasteiger partial charge on any atom is -0.0858 e. The van der Waals surface area contributed by atoms with Crippen LogP contribution >= 0.6 is 22.6 Å². The molecule has 2 fully saturated rings. The molecule has 0 amide bonds. The van der Waals surface area contributed by atoms with Crippen molar-refractivity contribution in [2.24, 2.45) is 23.2 Å². The Hall–Kier alpha value is 0.730. The summed E-state index contributed by atoms with van der Waals surface area (Å²) >= 11 is 2.59. The molecule has 2 bridgehead atoms. The number of halogens is 1. The lowest BCUT2D eigenvalue weighted by molar-refractivity contribution is 0.0628. The van der Waals surface area contributed by atoms with Gasteiger partial charge in [0.15, 0.2) is 0 Å². The lowest BCUT2D eigenvalue weighted by Gasteiger charge is -2.46. The fraction of sp³-hybridized carbons (Fsp3) is 1.00. The van der Waals surface area contributed by atoms with E-state index in [4.69, 9.17) is 0 Å². The van der Waals surface area contributed by atoms with Crippen LogP contribution in [0.3, 0.4) is 0 Å². The number of hydrogen-bond donors (Lipinski definition) is 0. The molecule has 0 N–H and O–H groups in total. The quantitative estimate of drug-likeness (QED) is 0.500. The smallest absolute Gasteiger partial charge is 0.00495 e. The van der Waals surface area contributed by atoms with Crippen molar-refractivity contribution in [1.29, 1.82) is 0 Å². The van der Waals surface area contributed by atoms with Crippen LogP contribution in [-0.2, 0) is 0 Å². The molecule has 0 aromatic carbocycles. The Labute approximate surface area is 96.0 Å². The molecule has 1 heteroatoms. The zero-order valence-electron chi connectivity index (χ0n) is 8.85. The average Bonchev–Trinajstić information content (AvgIpc) is 2.01. The zero-order chi connectivity index (χ0) is 9.47. The van der Waals surface area contributed by atoms with Crippen LogP contribution in [0.4, 0.5) is 0 Å². The highest BCUT2D eigenvalue weighted by Gasteiger charge is 2.39. The molecule has 0 aromatic heterocycles. The molecule has 0 aliphatic heterocycles. The van der Waals surface area contributed by atoms with Crippen LogP contribution in [0, 0.1) is 23.2 Å². The van der Waals surface area contributed by atoms with Gasteiger partial charge in [0.2, 0.25) is 0 Å². The largest absolute Gasteiger partial charge is 0.0858 e. The van der Waals surface area contributed by atoms with Crippen molar-refractivity contribution in [3.8, 4) is 0 Å². The molecule has 0 aromatic rings. The number of fused-ring (bicyclic) bond motifs is 2. The van der Waals surface area contributed by atoms with Gasteiger partial charge in [0.1, 0.15) is 0 Å². The second-order valence-electron chi connectivity index (χ2n) is 5.90. The standard InChI is InChI=1S/C12H21I/c1-9-3-10-5-11(4-9)7-12(2,6-10)8-13/h9-11H,3-8H2,1-2H3. The van der Waals surface area contributed by atoms with Crippen LogP contribution in [0.5, 0.6) is 0 Å². The molecule has 2 aliphatic carbocycles. The van der Waals surface area contributed by atoms with Crippen molar-refractivity contribution >= 4 is 22.6 Å². The maximum atomic E-state index is 2.59. The molecule has 2 unspecified atom stereocenters. The lowest BCUT2D eigenvalue weighted by atomic mass is 9.60. The minimum absolute atomic E-state index is 0.689. The fourth-order valence-electron chi connectivity index (χ4n) is 3.82. The highest BCUT2D eigenvalue weighted by molar-refractivity contribution is 14.1. The molecular weight excluding hydrogens is 271 g/mol. The van der Waals surface area contributed by atoms with Crippen molar-refractivity contribution in [3.63, 3.8) is 0 Å². The molecule has 2 rings (SSSR count). The third-order valence-electron chi connectivity index (χ3n) is 4.02. The summed E-state index contributed by atoms with van der Waals surface area (Å²) in [4.78, 5) is 0. The van der Waals surface area contributed by atoms with Gasteiger partial charge in [-0.15, -0.1) is 0 Å². The Morgan fingerprint density at radius 2 is 1.69 bits per heavy atom. The Morgan fingerprint density at radius 3 is 2.15 bits per heavy atom. The van der Waals surface area contributed by atoms with E-state index in [-0.39, 0.29) is 0 Å². The topological polar surface area (TPSA) is 0 Å². The summed E-state index contributed by atoms with van der Waals surface area (Å²) in [5.41, 5.74) is 0.689. The molecule has 13 heavy (non-hydrogen) atoms. The third-order valence-corrected chi connectivity index (χ3v) is 5.87. The van der Waals surface area contributed by atoms with Crippen LogP contribution in [-0.4, -0.2) is 4.43 Å². The van der Waals surface area contributed by atoms with Crippen molar-refractivity contribution < 1.29 is 0 Å². The first kappa shape index (κ1) is 10.3. The molecule has 2 aliphatic rings. The van der Waals surface area contributed by atoms with E-state index in [1.165, 1.54) is 30.1 Å². The van der Waals surface area contributed by atoms with Crippen LogP contribution in [0.15, 0.2) is 0 Å². The second kappa shape index (κ2) is 3.71. The molecular formula is C12H21I. The van der Waals surface area contributed by atoms with Gasteiger partial charge in [-0.2, -0.15) is 0 Å². The van der Waals surface area contributed by atoms with Crippen molar-refractivity contribution in [1.82, 2.24) is 0 Å². The summed E-state index contributed by atoms with van der Waals surface area (Å²) in [6.45, 7) is 4.96. The Balaban J connectivity index is 2.05. The summed E-state index contributed by atoms with van der Waals surface area (Å²) < 4.78 is 1.37. The Morgan fingerprint density at radius 1 is 1.15 bits per heavy atom. The van der Waals surface area contributed by atoms with Gasteiger partial charge in [0, 0.05) is 4.43 Å². The van der Waals surface area contributed by atoms with Gasteiger partial charge in [0.05, 0.1) is 0 Å². The second-order valence-corrected chi connectivity index (χ2v) is 6.66. The van der Waals surface area contributed by atoms with E-state index in [1.807, 2.05) is 0 Å². The summed E-state index contributed by atoms with van der Waals surface area (Å²) in [5.74, 6) is 3.16. The average molecular weight is 292 g/mol. The molecule has 2 saturated carbocycles. The molecule has 0 nitrogen and oxygen atoms in total. The predicted molar refractivity (Wildman–Crippen MR) is 66.2 cm³/mol. The SMILES string of the molecule is CC1CC2CC(C1)CC(C)(CI)C2. The van der Waals surface area contributed by atoms with Crippen LogP contribution < -0.4 is 0 Å². The van der Waals surface area contributed by atoms with Crippen LogP contribution in [0.25, 0.3) is 0 Å². The van der Waals surface area contributed by atoms with Gasteiger partial charge in [-0.25, -0.2) is 0 Å². The lowest BCUT2D eigenvalue weighted by Crippen LogP contribution is -2.36. The summed E-state index contributed by atoms with van der Waals surface area (Å²) in [6, 6.07) is 0. The highest BCUT2D eigenvalue weighted by Crippen LogP contribution is 2.50. The van der Waals surface area contributed by atoms with Crippen LogP contribution in [0.1, 0.15) is 46.0 Å². The molecule has 0 radical (unpaired) electrons. The van der Waals surface area contributed by atoms with Gasteiger partial charge in [0.25, 0.3) is 0 Å². The first-order valence-electron chi connectivity index (χ1n) is 5.67. The van der Waals surface area contributed by atoms with E-state index >= 15 is 0 Å².